The van der Waals surface area contributed by atoms with E-state index in [-0.39, 0.29) is 5.91 Å². The zero-order chi connectivity index (χ0) is 15.9. The summed E-state index contributed by atoms with van der Waals surface area (Å²) in [6.45, 7) is 4.61. The number of carbonyl (C=O) groups excluding carboxylic acids is 1. The van der Waals surface area contributed by atoms with Crippen LogP contribution in [0.25, 0.3) is 10.9 Å². The summed E-state index contributed by atoms with van der Waals surface area (Å²) >= 11 is 3.44. The normalized spacial score (nSPS) is 10.9. The number of benzene rings is 1. The first-order valence-corrected chi connectivity index (χ1v) is 7.96. The van der Waals surface area contributed by atoms with Gasteiger partial charge in [0.15, 0.2) is 0 Å². The molecule has 0 fully saturated rings. The van der Waals surface area contributed by atoms with E-state index in [0.717, 1.165) is 27.6 Å². The molecule has 0 aliphatic heterocycles. The van der Waals surface area contributed by atoms with Crippen molar-refractivity contribution in [1.82, 2.24) is 15.6 Å². The lowest BCUT2D eigenvalue weighted by Gasteiger charge is -2.10. The van der Waals surface area contributed by atoms with Gasteiger partial charge in [-0.15, -0.1) is 0 Å². The molecule has 1 amide bonds. The number of halogens is 1. The van der Waals surface area contributed by atoms with Gasteiger partial charge in [-0.2, -0.15) is 0 Å². The molecule has 0 saturated carbocycles. The first-order chi connectivity index (χ1) is 10.6. The topological polar surface area (TPSA) is 63.2 Å². The minimum absolute atomic E-state index is 0.0814. The third kappa shape index (κ3) is 4.50. The van der Waals surface area contributed by atoms with E-state index in [4.69, 9.17) is 4.74 Å². The second-order valence-electron chi connectivity index (χ2n) is 4.97. The molecule has 1 heterocycles. The maximum absolute atomic E-state index is 12.4. The summed E-state index contributed by atoms with van der Waals surface area (Å²) in [5.74, 6) is -0.0814. The largest absolute Gasteiger partial charge is 0.383 e. The van der Waals surface area contributed by atoms with Crippen molar-refractivity contribution in [1.29, 1.82) is 0 Å². The Balaban J connectivity index is 2.06. The summed E-state index contributed by atoms with van der Waals surface area (Å²) in [7, 11) is 1.67. The summed E-state index contributed by atoms with van der Waals surface area (Å²) in [5, 5.41) is 6.97. The Morgan fingerprint density at radius 2 is 2.09 bits per heavy atom. The maximum Gasteiger partial charge on any atom is 0.252 e. The van der Waals surface area contributed by atoms with Crippen LogP contribution in [0.3, 0.4) is 0 Å². The standard InChI is InChI=1S/C16H20BrN3O2/c1-11-9-14(13-10-12(17)3-4-15(13)20-11)16(21)19-6-5-18-7-8-22-2/h3-4,9-10,18H,5-8H2,1-2H3,(H,19,21). The summed E-state index contributed by atoms with van der Waals surface area (Å²) < 4.78 is 5.88. The first kappa shape index (κ1) is 16.9. The highest BCUT2D eigenvalue weighted by Gasteiger charge is 2.11. The molecule has 0 aliphatic carbocycles. The van der Waals surface area contributed by atoms with E-state index in [0.29, 0.717) is 25.3 Å². The lowest BCUT2D eigenvalue weighted by molar-refractivity contribution is 0.0955. The van der Waals surface area contributed by atoms with Gasteiger partial charge in [-0.1, -0.05) is 15.9 Å². The summed E-state index contributed by atoms with van der Waals surface area (Å²) in [4.78, 5) is 16.9. The van der Waals surface area contributed by atoms with Crippen molar-refractivity contribution >= 4 is 32.7 Å². The van der Waals surface area contributed by atoms with E-state index >= 15 is 0 Å². The van der Waals surface area contributed by atoms with Crippen LogP contribution in [0.2, 0.25) is 0 Å². The van der Waals surface area contributed by atoms with E-state index in [1.165, 1.54) is 0 Å². The highest BCUT2D eigenvalue weighted by molar-refractivity contribution is 9.10. The van der Waals surface area contributed by atoms with Crippen LogP contribution in [-0.2, 0) is 4.74 Å². The van der Waals surface area contributed by atoms with Crippen molar-refractivity contribution in [3.63, 3.8) is 0 Å². The smallest absolute Gasteiger partial charge is 0.252 e. The van der Waals surface area contributed by atoms with Crippen molar-refractivity contribution in [2.75, 3.05) is 33.4 Å². The van der Waals surface area contributed by atoms with Crippen LogP contribution in [0.4, 0.5) is 0 Å². The molecule has 5 nitrogen and oxygen atoms in total. The summed E-state index contributed by atoms with van der Waals surface area (Å²) in [5.41, 5.74) is 2.31. The van der Waals surface area contributed by atoms with Gasteiger partial charge in [0.25, 0.3) is 5.91 Å². The van der Waals surface area contributed by atoms with Gasteiger partial charge in [0.1, 0.15) is 0 Å². The third-order valence-electron chi connectivity index (χ3n) is 3.21. The van der Waals surface area contributed by atoms with Gasteiger partial charge in [-0.05, 0) is 31.2 Å². The minimum atomic E-state index is -0.0814. The summed E-state index contributed by atoms with van der Waals surface area (Å²) in [6, 6.07) is 7.58. The fourth-order valence-corrected chi connectivity index (χ4v) is 2.54. The molecule has 1 aromatic heterocycles. The molecule has 0 saturated heterocycles. The van der Waals surface area contributed by atoms with Gasteiger partial charge in [0.05, 0.1) is 17.7 Å². The van der Waals surface area contributed by atoms with Crippen LogP contribution in [0.5, 0.6) is 0 Å². The fourth-order valence-electron chi connectivity index (χ4n) is 2.18. The van der Waals surface area contributed by atoms with Crippen LogP contribution < -0.4 is 10.6 Å². The van der Waals surface area contributed by atoms with Gasteiger partial charge in [-0.25, -0.2) is 0 Å². The lowest BCUT2D eigenvalue weighted by atomic mass is 10.1. The number of pyridine rings is 1. The Labute approximate surface area is 138 Å². The number of amides is 1. The molecule has 2 N–H and O–H groups in total. The molecule has 22 heavy (non-hydrogen) atoms. The molecule has 2 rings (SSSR count). The second kappa shape index (κ2) is 8.22. The Morgan fingerprint density at radius 3 is 2.86 bits per heavy atom. The number of aryl methyl sites for hydroxylation is 1. The fraction of sp³-hybridized carbons (Fsp3) is 0.375. The average Bonchev–Trinajstić information content (AvgIpc) is 2.50. The minimum Gasteiger partial charge on any atom is -0.383 e. The van der Waals surface area contributed by atoms with Crippen LogP contribution in [0, 0.1) is 6.92 Å². The van der Waals surface area contributed by atoms with Crippen LogP contribution in [0.15, 0.2) is 28.7 Å². The number of hydrogen-bond donors (Lipinski definition) is 2. The first-order valence-electron chi connectivity index (χ1n) is 7.16. The SMILES string of the molecule is COCCNCCNC(=O)c1cc(C)nc2ccc(Br)cc12. The van der Waals surface area contributed by atoms with Crippen LogP contribution >= 0.6 is 15.9 Å². The maximum atomic E-state index is 12.4. The Bertz CT molecular complexity index is 661. The van der Waals surface area contributed by atoms with Gasteiger partial charge in [-0.3, -0.25) is 9.78 Å². The molecular weight excluding hydrogens is 346 g/mol. The van der Waals surface area contributed by atoms with Crippen LogP contribution in [-0.4, -0.2) is 44.2 Å². The number of nitrogens with one attached hydrogen (secondary N) is 2. The molecule has 0 aliphatic rings. The highest BCUT2D eigenvalue weighted by Crippen LogP contribution is 2.22. The summed E-state index contributed by atoms with van der Waals surface area (Å²) in [6.07, 6.45) is 0. The van der Waals surface area contributed by atoms with Gasteiger partial charge >= 0.3 is 0 Å². The Morgan fingerprint density at radius 1 is 1.27 bits per heavy atom. The van der Waals surface area contributed by atoms with E-state index in [1.807, 2.05) is 31.2 Å². The molecular formula is C16H20BrN3O2. The van der Waals surface area contributed by atoms with E-state index < -0.39 is 0 Å². The second-order valence-corrected chi connectivity index (χ2v) is 5.89. The van der Waals surface area contributed by atoms with E-state index in [9.17, 15) is 4.79 Å². The number of nitrogens with zero attached hydrogens (tertiary/aromatic N) is 1. The van der Waals surface area contributed by atoms with Gasteiger partial charge in [0, 0.05) is 42.3 Å². The molecule has 118 valence electrons. The van der Waals surface area contributed by atoms with Gasteiger partial charge < -0.3 is 15.4 Å². The number of aromatic nitrogens is 1. The van der Waals surface area contributed by atoms with E-state index in [1.54, 1.807) is 7.11 Å². The predicted octanol–water partition coefficient (Wildman–Crippen LogP) is 2.27. The zero-order valence-corrected chi connectivity index (χ0v) is 14.4. The molecule has 6 heteroatoms. The predicted molar refractivity (Wildman–Crippen MR) is 91.3 cm³/mol. The monoisotopic (exact) mass is 365 g/mol. The van der Waals surface area contributed by atoms with Crippen molar-refractivity contribution in [3.8, 4) is 0 Å². The van der Waals surface area contributed by atoms with E-state index in [2.05, 4.69) is 31.5 Å². The Kier molecular flexibility index (Phi) is 6.30. The zero-order valence-electron chi connectivity index (χ0n) is 12.8. The van der Waals surface area contributed by atoms with Gasteiger partial charge in [0.2, 0.25) is 0 Å². The number of carbonyl (C=O) groups is 1. The molecule has 0 atom stereocenters. The molecule has 0 spiro atoms. The number of fused-ring (bicyclic) bond motifs is 1. The number of hydrogen-bond acceptors (Lipinski definition) is 4. The molecule has 0 radical (unpaired) electrons. The Hall–Kier alpha value is -1.50. The van der Waals surface area contributed by atoms with Crippen molar-refractivity contribution in [2.24, 2.45) is 0 Å². The van der Waals surface area contributed by atoms with Crippen molar-refractivity contribution < 1.29 is 9.53 Å². The quantitative estimate of drug-likeness (QED) is 0.738. The molecule has 2 aromatic rings. The average molecular weight is 366 g/mol. The third-order valence-corrected chi connectivity index (χ3v) is 3.71. The number of methoxy groups -OCH3 is 1. The number of rotatable bonds is 7. The van der Waals surface area contributed by atoms with Crippen molar-refractivity contribution in [3.05, 3.63) is 40.0 Å². The van der Waals surface area contributed by atoms with Crippen LogP contribution in [0.1, 0.15) is 16.1 Å². The molecule has 1 aromatic carbocycles. The lowest BCUT2D eigenvalue weighted by Crippen LogP contribution is -2.33. The molecule has 0 unspecified atom stereocenters. The van der Waals surface area contributed by atoms with Crippen molar-refractivity contribution in [2.45, 2.75) is 6.92 Å². The molecule has 0 bridgehead atoms. The number of ether oxygens (including phenoxy) is 1. The highest BCUT2D eigenvalue weighted by atomic mass is 79.9.